The van der Waals surface area contributed by atoms with E-state index in [1.165, 1.54) is 152 Å². The predicted molar refractivity (Wildman–Crippen MR) is 323 cm³/mol. The molecule has 0 unspecified atom stereocenters. The van der Waals surface area contributed by atoms with Crippen molar-refractivity contribution in [3.8, 4) is 43.8 Å². The van der Waals surface area contributed by atoms with Gasteiger partial charge >= 0.3 is 0 Å². The van der Waals surface area contributed by atoms with Crippen molar-refractivity contribution in [1.29, 1.82) is 0 Å². The molecule has 1 spiro atoms. The van der Waals surface area contributed by atoms with Crippen molar-refractivity contribution in [3.05, 3.63) is 274 Å². The van der Waals surface area contributed by atoms with E-state index in [1.807, 2.05) is 11.3 Å². The highest BCUT2D eigenvalue weighted by atomic mass is 32.1. The van der Waals surface area contributed by atoms with Crippen LogP contribution in [0.15, 0.2) is 231 Å². The molecule has 3 aliphatic carbocycles. The summed E-state index contributed by atoms with van der Waals surface area (Å²) >= 11 is 1.87. The molecule has 0 atom stereocenters. The lowest BCUT2D eigenvalue weighted by Crippen LogP contribution is -2.21. The van der Waals surface area contributed by atoms with Crippen molar-refractivity contribution >= 4 is 80.3 Å². The summed E-state index contributed by atoms with van der Waals surface area (Å²) in [5.74, 6) is 0. The van der Waals surface area contributed by atoms with E-state index >= 15 is 0 Å². The molecule has 3 aliphatic rings. The average molecular weight is 978 g/mol. The van der Waals surface area contributed by atoms with Crippen LogP contribution in [0.5, 0.6) is 0 Å². The van der Waals surface area contributed by atoms with E-state index in [-0.39, 0.29) is 5.41 Å². The monoisotopic (exact) mass is 977 g/mol. The van der Waals surface area contributed by atoms with Gasteiger partial charge in [-0.2, -0.15) is 0 Å². The number of hydrogen-bond acceptors (Lipinski definition) is 2. The summed E-state index contributed by atoms with van der Waals surface area (Å²) < 4.78 is 0. The first-order chi connectivity index (χ1) is 37.2. The number of hydrogen-bond donors (Lipinski definition) is 0. The molecule has 11 aromatic rings. The van der Waals surface area contributed by atoms with Crippen molar-refractivity contribution in [2.24, 2.45) is 0 Å². The minimum atomic E-state index is 0.0395. The van der Waals surface area contributed by atoms with E-state index in [9.17, 15) is 0 Å². The highest BCUT2D eigenvalue weighted by Crippen LogP contribution is 2.58. The number of para-hydroxylation sites is 2. The van der Waals surface area contributed by atoms with Crippen LogP contribution in [0.2, 0.25) is 0 Å². The van der Waals surface area contributed by atoms with E-state index < -0.39 is 0 Å². The van der Waals surface area contributed by atoms with Gasteiger partial charge in [-0.15, -0.1) is 11.3 Å². The van der Waals surface area contributed by atoms with Gasteiger partial charge in [0.1, 0.15) is 0 Å². The molecule has 75 heavy (non-hydrogen) atoms. The number of anilines is 3. The lowest BCUT2D eigenvalue weighted by Gasteiger charge is -2.30. The highest BCUT2D eigenvalue weighted by Gasteiger charge is 2.45. The zero-order valence-electron chi connectivity index (χ0n) is 41.9. The summed E-state index contributed by atoms with van der Waals surface area (Å²) in [4.78, 5) is 4.90. The fourth-order valence-corrected chi connectivity index (χ4v) is 13.8. The number of rotatable bonds is 10. The highest BCUT2D eigenvalue weighted by molar-refractivity contribution is 7.16. The van der Waals surface area contributed by atoms with E-state index in [1.54, 1.807) is 0 Å². The SMILES string of the molecule is C1=Cc2c(c3ccccc3c3c(-c4ccccc4)c(-c4ccc(/C=C/c5ccc(/C=C/c6ccc7c(c6)C6(CCCC6)c6cc(N(c8ccccc8)c8ccccc8)ccc6-7)cc5)s4)cc(-c4ccccc4)c23)CC1. The van der Waals surface area contributed by atoms with Gasteiger partial charge in [0.2, 0.25) is 0 Å². The largest absolute Gasteiger partial charge is 0.310 e. The third kappa shape index (κ3) is 8.00. The fourth-order valence-electron chi connectivity index (χ4n) is 12.9. The van der Waals surface area contributed by atoms with Crippen LogP contribution in [0, 0.1) is 0 Å². The molecule has 1 saturated carbocycles. The molecule has 14 rings (SSSR count). The van der Waals surface area contributed by atoms with Crippen molar-refractivity contribution < 1.29 is 0 Å². The van der Waals surface area contributed by atoms with Crippen LogP contribution in [0.4, 0.5) is 17.1 Å². The zero-order valence-corrected chi connectivity index (χ0v) is 42.7. The first-order valence-corrected chi connectivity index (χ1v) is 27.6. The number of thiophene rings is 1. The maximum atomic E-state index is 2.50. The quantitative estimate of drug-likeness (QED) is 0.0975. The molecule has 0 amide bonds. The number of fused-ring (bicyclic) bond motifs is 11. The Morgan fingerprint density at radius 3 is 1.69 bits per heavy atom. The number of nitrogens with zero attached hydrogens (tertiary/aromatic N) is 1. The molecule has 2 heteroatoms. The summed E-state index contributed by atoms with van der Waals surface area (Å²) in [7, 11) is 0. The van der Waals surface area contributed by atoms with Gasteiger partial charge in [0.15, 0.2) is 0 Å². The molecule has 1 heterocycles. The Bertz CT molecular complexity index is 3980. The Morgan fingerprint density at radius 2 is 1.00 bits per heavy atom. The molecule has 10 aromatic carbocycles. The lowest BCUT2D eigenvalue weighted by molar-refractivity contribution is 0.550. The second-order valence-corrected chi connectivity index (χ2v) is 21.7. The molecule has 1 nitrogen and oxygen atoms in total. The first-order valence-electron chi connectivity index (χ1n) is 26.7. The maximum Gasteiger partial charge on any atom is 0.0465 e. The van der Waals surface area contributed by atoms with Gasteiger partial charge in [0.05, 0.1) is 0 Å². The summed E-state index contributed by atoms with van der Waals surface area (Å²) in [5.41, 5.74) is 22.2. The Morgan fingerprint density at radius 1 is 0.427 bits per heavy atom. The molecule has 1 aromatic heterocycles. The number of benzene rings is 10. The standard InChI is InChI=1S/C73H55NS/c1-5-19-53(20-6-1)65-49-66(70(54-21-7-2-8-22-54)72-64-30-16-14-28-60(64)59-27-13-15-29-63(59)71(65)72)69-44-41-58(75-69)40-37-51-33-31-50(32-34-51)35-36-52-38-42-61-62-43-39-57(48-68(62)73(67(61)47-52)45-17-18-46-73)74(55-23-9-3-10-24-55)56-25-11-4-12-26-56/h1-12,14-16,19-26,28-44,47-49H,13,17-18,27,45-46H2/b36-35+,40-37+. The second-order valence-electron chi connectivity index (χ2n) is 20.6. The summed E-state index contributed by atoms with van der Waals surface area (Å²) in [6, 6.07) is 83.2. The molecule has 0 radical (unpaired) electrons. The molecule has 0 saturated heterocycles. The van der Waals surface area contributed by atoms with Crippen LogP contribution in [0.25, 0.3) is 95.7 Å². The average Bonchev–Trinajstić information content (AvgIpc) is 4.27. The van der Waals surface area contributed by atoms with Crippen LogP contribution < -0.4 is 4.90 Å². The molecule has 1 fully saturated rings. The van der Waals surface area contributed by atoms with Crippen LogP contribution in [-0.2, 0) is 11.8 Å². The van der Waals surface area contributed by atoms with E-state index in [4.69, 9.17) is 0 Å². The first kappa shape index (κ1) is 45.1. The zero-order chi connectivity index (χ0) is 49.7. The molecular weight excluding hydrogens is 923 g/mol. The molecule has 0 bridgehead atoms. The fraction of sp³-hybridized carbons (Fsp3) is 0.0959. The Hall–Kier alpha value is -8.56. The van der Waals surface area contributed by atoms with E-state index in [2.05, 4.69) is 266 Å². The van der Waals surface area contributed by atoms with Crippen molar-refractivity contribution in [1.82, 2.24) is 0 Å². The Labute approximate surface area is 444 Å². The van der Waals surface area contributed by atoms with Gasteiger partial charge in [-0.1, -0.05) is 213 Å². The Balaban J connectivity index is 0.759. The summed E-state index contributed by atoms with van der Waals surface area (Å²) in [6.07, 6.45) is 20.9. The Kier molecular flexibility index (Phi) is 11.5. The van der Waals surface area contributed by atoms with E-state index in [0.717, 1.165) is 12.8 Å². The maximum absolute atomic E-state index is 2.50. The van der Waals surface area contributed by atoms with Crippen molar-refractivity contribution in [3.63, 3.8) is 0 Å². The third-order valence-electron chi connectivity index (χ3n) is 16.3. The third-order valence-corrected chi connectivity index (χ3v) is 17.4. The molecule has 0 N–H and O–H groups in total. The van der Waals surface area contributed by atoms with Gasteiger partial charge in [-0.3, -0.25) is 0 Å². The van der Waals surface area contributed by atoms with Crippen molar-refractivity contribution in [2.45, 2.75) is 43.9 Å². The van der Waals surface area contributed by atoms with Crippen LogP contribution in [0.1, 0.15) is 75.9 Å². The topological polar surface area (TPSA) is 3.24 Å². The molecule has 0 aliphatic heterocycles. The summed E-state index contributed by atoms with van der Waals surface area (Å²) in [5, 5.41) is 5.38. The number of allylic oxidation sites excluding steroid dienone is 1. The molecule has 358 valence electrons. The second kappa shape index (κ2) is 19.0. The van der Waals surface area contributed by atoms with Crippen LogP contribution >= 0.6 is 11.3 Å². The van der Waals surface area contributed by atoms with Gasteiger partial charge in [0, 0.05) is 37.8 Å². The minimum Gasteiger partial charge on any atom is -0.310 e. The van der Waals surface area contributed by atoms with Gasteiger partial charge in [-0.25, -0.2) is 0 Å². The molecular formula is C73H55NS. The normalized spacial score (nSPS) is 14.3. The van der Waals surface area contributed by atoms with E-state index in [0.29, 0.717) is 0 Å². The predicted octanol–water partition coefficient (Wildman–Crippen LogP) is 20.7. The summed E-state index contributed by atoms with van der Waals surface area (Å²) in [6.45, 7) is 0. The van der Waals surface area contributed by atoms with Gasteiger partial charge < -0.3 is 4.90 Å². The van der Waals surface area contributed by atoms with Gasteiger partial charge in [-0.05, 0) is 180 Å². The van der Waals surface area contributed by atoms with Gasteiger partial charge in [0.25, 0.3) is 0 Å². The van der Waals surface area contributed by atoms with Crippen LogP contribution in [0.3, 0.4) is 0 Å². The van der Waals surface area contributed by atoms with Crippen molar-refractivity contribution in [2.75, 3.05) is 4.90 Å². The lowest BCUT2D eigenvalue weighted by atomic mass is 9.76. The minimum absolute atomic E-state index is 0.0395. The smallest absolute Gasteiger partial charge is 0.0465 e. The van der Waals surface area contributed by atoms with Crippen LogP contribution in [-0.4, -0.2) is 0 Å². The number of aryl methyl sites for hydroxylation is 1.